The van der Waals surface area contributed by atoms with Gasteiger partial charge in [0.25, 0.3) is 5.69 Å². The van der Waals surface area contributed by atoms with Crippen LogP contribution in [0, 0.1) is 17.0 Å². The minimum atomic E-state index is -0.420. The fraction of sp³-hybridized carbons (Fsp3) is 0.182. The maximum absolute atomic E-state index is 10.7. The quantitative estimate of drug-likeness (QED) is 0.436. The molecule has 0 aliphatic carbocycles. The van der Waals surface area contributed by atoms with Gasteiger partial charge in [-0.25, -0.2) is 0 Å². The number of benzene rings is 3. The number of non-ortho nitro benzene ring substituents is 1. The van der Waals surface area contributed by atoms with Crippen LogP contribution in [0.2, 0.25) is 0 Å². The van der Waals surface area contributed by atoms with E-state index in [1.165, 1.54) is 17.7 Å². The zero-order valence-corrected chi connectivity index (χ0v) is 15.8. The number of hydrogen-bond acceptors (Lipinski definition) is 5. The van der Waals surface area contributed by atoms with Crippen molar-refractivity contribution in [1.82, 2.24) is 0 Å². The lowest BCUT2D eigenvalue weighted by atomic mass is 10.1. The molecule has 0 unspecified atom stereocenters. The summed E-state index contributed by atoms with van der Waals surface area (Å²) in [5.74, 6) is 1.27. The van der Waals surface area contributed by atoms with Crippen molar-refractivity contribution in [1.29, 1.82) is 0 Å². The monoisotopic (exact) mass is 378 g/mol. The largest absolute Gasteiger partial charge is 0.493 e. The van der Waals surface area contributed by atoms with Gasteiger partial charge in [-0.1, -0.05) is 23.8 Å². The van der Waals surface area contributed by atoms with Gasteiger partial charge in [-0.3, -0.25) is 10.1 Å². The molecule has 0 bridgehead atoms. The first kappa shape index (κ1) is 19.2. The molecular weight excluding hydrogens is 356 g/mol. The van der Waals surface area contributed by atoms with Gasteiger partial charge in [0.15, 0.2) is 11.5 Å². The summed E-state index contributed by atoms with van der Waals surface area (Å²) in [5, 5.41) is 14.1. The minimum Gasteiger partial charge on any atom is -0.493 e. The first-order chi connectivity index (χ1) is 13.5. The zero-order chi connectivity index (χ0) is 19.9. The van der Waals surface area contributed by atoms with Crippen molar-refractivity contribution < 1.29 is 14.4 Å². The Bertz CT molecular complexity index is 938. The molecule has 0 fully saturated rings. The van der Waals surface area contributed by atoms with Crippen LogP contribution in [0.15, 0.2) is 66.7 Å². The highest BCUT2D eigenvalue weighted by Crippen LogP contribution is 2.29. The Morgan fingerprint density at radius 2 is 1.61 bits per heavy atom. The Morgan fingerprint density at radius 3 is 2.25 bits per heavy atom. The molecule has 0 aliphatic rings. The van der Waals surface area contributed by atoms with Gasteiger partial charge >= 0.3 is 0 Å². The summed E-state index contributed by atoms with van der Waals surface area (Å²) >= 11 is 0. The van der Waals surface area contributed by atoms with E-state index in [0.29, 0.717) is 24.7 Å². The molecule has 144 valence electrons. The van der Waals surface area contributed by atoms with Crippen LogP contribution in [0.1, 0.15) is 16.7 Å². The first-order valence-corrected chi connectivity index (χ1v) is 8.89. The van der Waals surface area contributed by atoms with Crippen molar-refractivity contribution >= 4 is 11.4 Å². The molecule has 1 N–H and O–H groups in total. The van der Waals surface area contributed by atoms with Gasteiger partial charge in [0.05, 0.1) is 12.0 Å². The number of rotatable bonds is 8. The summed E-state index contributed by atoms with van der Waals surface area (Å²) in [6.45, 7) is 3.03. The minimum absolute atomic E-state index is 0.0618. The molecule has 0 saturated carbocycles. The lowest BCUT2D eigenvalue weighted by Crippen LogP contribution is -2.02. The molecule has 0 aliphatic heterocycles. The van der Waals surface area contributed by atoms with E-state index in [1.54, 1.807) is 19.2 Å². The standard InChI is InChI=1S/C22H22N2O4/c1-16-3-8-19(9-4-16)23-14-18-7-12-21(22(13-18)27-2)28-15-17-5-10-20(11-6-17)24(25)26/h3-13,23H,14-15H2,1-2H3. The smallest absolute Gasteiger partial charge is 0.269 e. The van der Waals surface area contributed by atoms with Crippen molar-refractivity contribution in [2.45, 2.75) is 20.1 Å². The number of nitro groups is 1. The number of hydrogen-bond donors (Lipinski definition) is 1. The number of nitro benzene ring substituents is 1. The Kier molecular flexibility index (Phi) is 6.11. The summed E-state index contributed by atoms with van der Waals surface area (Å²) in [7, 11) is 1.60. The van der Waals surface area contributed by atoms with E-state index in [9.17, 15) is 10.1 Å². The van der Waals surface area contributed by atoms with Crippen molar-refractivity contribution in [2.75, 3.05) is 12.4 Å². The zero-order valence-electron chi connectivity index (χ0n) is 15.8. The van der Waals surface area contributed by atoms with Crippen LogP contribution < -0.4 is 14.8 Å². The van der Waals surface area contributed by atoms with Crippen LogP contribution in [-0.4, -0.2) is 12.0 Å². The first-order valence-electron chi connectivity index (χ1n) is 8.89. The summed E-state index contributed by atoms with van der Waals surface area (Å²) in [6, 6.07) is 20.3. The van der Waals surface area contributed by atoms with Crippen LogP contribution in [-0.2, 0) is 13.2 Å². The molecule has 6 heteroatoms. The summed E-state index contributed by atoms with van der Waals surface area (Å²) in [4.78, 5) is 10.3. The number of anilines is 1. The average Bonchev–Trinajstić information content (AvgIpc) is 2.72. The molecule has 3 aromatic rings. The summed E-state index contributed by atoms with van der Waals surface area (Å²) in [5.41, 5.74) is 4.26. The van der Waals surface area contributed by atoms with E-state index in [-0.39, 0.29) is 5.69 Å². The maximum atomic E-state index is 10.7. The number of aryl methyl sites for hydroxylation is 1. The van der Waals surface area contributed by atoms with E-state index in [4.69, 9.17) is 9.47 Å². The van der Waals surface area contributed by atoms with Gasteiger partial charge in [0.2, 0.25) is 0 Å². The SMILES string of the molecule is COc1cc(CNc2ccc(C)cc2)ccc1OCc1ccc([N+](=O)[O-])cc1. The average molecular weight is 378 g/mol. The maximum Gasteiger partial charge on any atom is 0.269 e. The van der Waals surface area contributed by atoms with Crippen LogP contribution in [0.4, 0.5) is 11.4 Å². The molecule has 0 amide bonds. The fourth-order valence-electron chi connectivity index (χ4n) is 2.69. The van der Waals surface area contributed by atoms with Crippen LogP contribution >= 0.6 is 0 Å². The second-order valence-electron chi connectivity index (χ2n) is 6.42. The van der Waals surface area contributed by atoms with Gasteiger partial charge < -0.3 is 14.8 Å². The van der Waals surface area contributed by atoms with Crippen LogP contribution in [0.25, 0.3) is 0 Å². The fourth-order valence-corrected chi connectivity index (χ4v) is 2.69. The predicted octanol–water partition coefficient (Wildman–Crippen LogP) is 5.10. The molecule has 3 rings (SSSR count). The third-order valence-corrected chi connectivity index (χ3v) is 4.32. The Balaban J connectivity index is 1.62. The van der Waals surface area contributed by atoms with Crippen LogP contribution in [0.5, 0.6) is 11.5 Å². The molecule has 6 nitrogen and oxygen atoms in total. The Morgan fingerprint density at radius 1 is 0.929 bits per heavy atom. The molecule has 0 radical (unpaired) electrons. The number of nitrogens with one attached hydrogen (secondary N) is 1. The normalized spacial score (nSPS) is 10.4. The van der Waals surface area contributed by atoms with Gasteiger partial charge in [0.1, 0.15) is 6.61 Å². The lowest BCUT2D eigenvalue weighted by molar-refractivity contribution is -0.384. The number of methoxy groups -OCH3 is 1. The highest BCUT2D eigenvalue weighted by Gasteiger charge is 2.08. The molecule has 0 saturated heterocycles. The Hall–Kier alpha value is -3.54. The van der Waals surface area contributed by atoms with E-state index in [1.807, 2.05) is 30.3 Å². The van der Waals surface area contributed by atoms with E-state index in [2.05, 4.69) is 24.4 Å². The lowest BCUT2D eigenvalue weighted by Gasteiger charge is -2.13. The van der Waals surface area contributed by atoms with Crippen molar-refractivity contribution in [2.24, 2.45) is 0 Å². The molecule has 0 aromatic heterocycles. The Labute approximate surface area is 163 Å². The van der Waals surface area contributed by atoms with Crippen molar-refractivity contribution in [3.8, 4) is 11.5 Å². The van der Waals surface area contributed by atoms with Gasteiger partial charge in [-0.05, 0) is 54.4 Å². The third kappa shape index (κ3) is 5.01. The van der Waals surface area contributed by atoms with Crippen molar-refractivity contribution in [3.05, 3.63) is 93.5 Å². The molecule has 0 heterocycles. The number of ether oxygens (including phenoxy) is 2. The second-order valence-corrected chi connectivity index (χ2v) is 6.42. The molecular formula is C22H22N2O4. The number of nitrogens with zero attached hydrogens (tertiary/aromatic N) is 1. The second kappa shape index (κ2) is 8.90. The van der Waals surface area contributed by atoms with E-state index >= 15 is 0 Å². The molecule has 0 spiro atoms. The molecule has 0 atom stereocenters. The third-order valence-electron chi connectivity index (χ3n) is 4.32. The summed E-state index contributed by atoms with van der Waals surface area (Å²) < 4.78 is 11.3. The van der Waals surface area contributed by atoms with Crippen LogP contribution in [0.3, 0.4) is 0 Å². The summed E-state index contributed by atoms with van der Waals surface area (Å²) in [6.07, 6.45) is 0. The highest BCUT2D eigenvalue weighted by atomic mass is 16.6. The van der Waals surface area contributed by atoms with Gasteiger partial charge in [-0.2, -0.15) is 0 Å². The van der Waals surface area contributed by atoms with Gasteiger partial charge in [0, 0.05) is 24.4 Å². The topological polar surface area (TPSA) is 73.6 Å². The van der Waals surface area contributed by atoms with E-state index in [0.717, 1.165) is 16.8 Å². The van der Waals surface area contributed by atoms with Gasteiger partial charge in [-0.15, -0.1) is 0 Å². The van der Waals surface area contributed by atoms with Crippen molar-refractivity contribution in [3.63, 3.8) is 0 Å². The molecule has 3 aromatic carbocycles. The predicted molar refractivity (Wildman–Crippen MR) is 109 cm³/mol. The molecule has 28 heavy (non-hydrogen) atoms. The highest BCUT2D eigenvalue weighted by molar-refractivity contribution is 5.47. The van der Waals surface area contributed by atoms with E-state index < -0.39 is 4.92 Å².